The Morgan fingerprint density at radius 3 is 2.67 bits per heavy atom. The van der Waals surface area contributed by atoms with Gasteiger partial charge in [-0.1, -0.05) is 30.3 Å². The summed E-state index contributed by atoms with van der Waals surface area (Å²) in [5.41, 5.74) is 0.961. The average molecular weight is 353 g/mol. The Morgan fingerprint density at radius 2 is 2.04 bits per heavy atom. The first-order valence-corrected chi connectivity index (χ1v) is 8.89. The van der Waals surface area contributed by atoms with Gasteiger partial charge in [0.2, 0.25) is 5.91 Å². The number of carbonyl (C=O) groups excluding carboxylic acids is 2. The summed E-state index contributed by atoms with van der Waals surface area (Å²) in [5.74, 6) is -0.139. The topological polar surface area (TPSA) is 49.9 Å². The van der Waals surface area contributed by atoms with E-state index in [9.17, 15) is 9.59 Å². The molecule has 0 bridgehead atoms. The first-order chi connectivity index (χ1) is 11.5. The molecule has 0 aromatic heterocycles. The molecule has 2 amide bonds. The summed E-state index contributed by atoms with van der Waals surface area (Å²) in [4.78, 5) is 27.9. The van der Waals surface area contributed by atoms with Crippen molar-refractivity contribution < 1.29 is 14.3 Å². The van der Waals surface area contributed by atoms with E-state index < -0.39 is 0 Å². The summed E-state index contributed by atoms with van der Waals surface area (Å²) >= 11 is 5.70. The Kier molecular flexibility index (Phi) is 6.91. The van der Waals surface area contributed by atoms with Crippen LogP contribution in [0.25, 0.3) is 0 Å². The third-order valence-corrected chi connectivity index (χ3v) is 4.51. The molecule has 24 heavy (non-hydrogen) atoms. The number of hydrogen-bond donors (Lipinski definition) is 0. The Bertz CT molecular complexity index is 550. The van der Waals surface area contributed by atoms with E-state index >= 15 is 0 Å². The van der Waals surface area contributed by atoms with E-state index in [0.29, 0.717) is 13.1 Å². The second kappa shape index (κ2) is 8.92. The lowest BCUT2D eigenvalue weighted by atomic mass is 10.2. The lowest BCUT2D eigenvalue weighted by Crippen LogP contribution is -2.48. The highest BCUT2D eigenvalue weighted by Crippen LogP contribution is 2.21. The Hall–Kier alpha value is -1.75. The largest absolute Gasteiger partial charge is 0.445 e. The van der Waals surface area contributed by atoms with Crippen molar-refractivity contribution in [1.29, 1.82) is 0 Å². The van der Waals surface area contributed by atoms with Gasteiger partial charge >= 0.3 is 6.09 Å². The van der Waals surface area contributed by atoms with Crippen molar-refractivity contribution in [3.05, 3.63) is 35.9 Å². The van der Waals surface area contributed by atoms with E-state index in [1.54, 1.807) is 9.80 Å². The highest BCUT2D eigenvalue weighted by Gasteiger charge is 2.33. The molecule has 1 fully saturated rings. The number of rotatable bonds is 6. The summed E-state index contributed by atoms with van der Waals surface area (Å²) in [6.45, 7) is 5.34. The van der Waals surface area contributed by atoms with Crippen molar-refractivity contribution >= 4 is 23.6 Å². The molecule has 1 aliphatic rings. The summed E-state index contributed by atoms with van der Waals surface area (Å²) in [7, 11) is 0. The maximum absolute atomic E-state index is 12.4. The first kappa shape index (κ1) is 18.6. The quantitative estimate of drug-likeness (QED) is 0.738. The minimum Gasteiger partial charge on any atom is -0.445 e. The Morgan fingerprint density at radius 1 is 1.33 bits per heavy atom. The van der Waals surface area contributed by atoms with Crippen LogP contribution in [0.15, 0.2) is 30.3 Å². The number of amides is 2. The number of benzene rings is 1. The molecule has 1 unspecified atom stereocenters. The van der Waals surface area contributed by atoms with Crippen molar-refractivity contribution in [2.24, 2.45) is 0 Å². The molecule has 0 saturated carbocycles. The third-order valence-electron chi connectivity index (χ3n) is 4.28. The molecule has 132 valence electrons. The van der Waals surface area contributed by atoms with Crippen LogP contribution in [-0.2, 0) is 16.1 Å². The van der Waals surface area contributed by atoms with Gasteiger partial charge in [-0.25, -0.2) is 4.79 Å². The standard InChI is InChI=1S/C18H25ClN2O3/c1-14(2)21(17(22)11-19)12-16-9-6-10-20(16)18(23)24-13-15-7-4-3-5-8-15/h3-5,7-8,14,16H,6,9-13H2,1-2H3. The third kappa shape index (κ3) is 4.87. The zero-order chi connectivity index (χ0) is 17.5. The smallest absolute Gasteiger partial charge is 0.410 e. The van der Waals surface area contributed by atoms with Crippen LogP contribution in [0.5, 0.6) is 0 Å². The zero-order valence-corrected chi connectivity index (χ0v) is 15.0. The Balaban J connectivity index is 1.93. The van der Waals surface area contributed by atoms with Crippen LogP contribution < -0.4 is 0 Å². The van der Waals surface area contributed by atoms with E-state index in [1.165, 1.54) is 0 Å². The Labute approximate surface area is 148 Å². The van der Waals surface area contributed by atoms with Gasteiger partial charge in [0.15, 0.2) is 0 Å². The minimum absolute atomic E-state index is 0.0113. The molecule has 0 aliphatic carbocycles. The van der Waals surface area contributed by atoms with Crippen LogP contribution >= 0.6 is 11.6 Å². The molecule has 1 saturated heterocycles. The van der Waals surface area contributed by atoms with Crippen molar-refractivity contribution in [2.75, 3.05) is 19.0 Å². The lowest BCUT2D eigenvalue weighted by Gasteiger charge is -2.32. The van der Waals surface area contributed by atoms with Crippen molar-refractivity contribution in [3.8, 4) is 0 Å². The summed E-state index contributed by atoms with van der Waals surface area (Å²) in [6.07, 6.45) is 1.48. The molecule has 5 nitrogen and oxygen atoms in total. The number of alkyl halides is 1. The number of ether oxygens (including phenoxy) is 1. The molecule has 1 aliphatic heterocycles. The maximum Gasteiger partial charge on any atom is 0.410 e. The normalized spacial score (nSPS) is 17.2. The van der Waals surface area contributed by atoms with E-state index in [1.807, 2.05) is 44.2 Å². The summed E-state index contributed by atoms with van der Waals surface area (Å²) in [5, 5.41) is 0. The molecular formula is C18H25ClN2O3. The second-order valence-corrected chi connectivity index (χ2v) is 6.57. The molecule has 1 heterocycles. The van der Waals surface area contributed by atoms with Gasteiger partial charge in [0, 0.05) is 19.1 Å². The fourth-order valence-corrected chi connectivity index (χ4v) is 3.13. The van der Waals surface area contributed by atoms with Gasteiger partial charge in [-0.15, -0.1) is 11.6 Å². The predicted molar refractivity (Wildman–Crippen MR) is 93.9 cm³/mol. The molecule has 1 aromatic rings. The summed E-state index contributed by atoms with van der Waals surface area (Å²) in [6, 6.07) is 9.65. The van der Waals surface area contributed by atoms with Gasteiger partial charge in [0.25, 0.3) is 0 Å². The first-order valence-electron chi connectivity index (χ1n) is 8.35. The van der Waals surface area contributed by atoms with Gasteiger partial charge in [-0.2, -0.15) is 0 Å². The number of halogens is 1. The van der Waals surface area contributed by atoms with Crippen LogP contribution in [0.3, 0.4) is 0 Å². The highest BCUT2D eigenvalue weighted by atomic mass is 35.5. The van der Waals surface area contributed by atoms with E-state index in [4.69, 9.17) is 16.3 Å². The average Bonchev–Trinajstić information content (AvgIpc) is 3.06. The highest BCUT2D eigenvalue weighted by molar-refractivity contribution is 6.27. The number of nitrogens with zero attached hydrogens (tertiary/aromatic N) is 2. The van der Waals surface area contributed by atoms with Gasteiger partial charge in [0.05, 0.1) is 6.04 Å². The predicted octanol–water partition coefficient (Wildman–Crippen LogP) is 3.26. The van der Waals surface area contributed by atoms with Crippen molar-refractivity contribution in [3.63, 3.8) is 0 Å². The van der Waals surface area contributed by atoms with E-state index in [-0.39, 0.29) is 36.6 Å². The second-order valence-electron chi connectivity index (χ2n) is 6.30. The summed E-state index contributed by atoms with van der Waals surface area (Å²) < 4.78 is 5.43. The van der Waals surface area contributed by atoms with Crippen LogP contribution in [0.4, 0.5) is 4.79 Å². The fourth-order valence-electron chi connectivity index (χ4n) is 2.97. The SMILES string of the molecule is CC(C)N(CC1CCCN1C(=O)OCc1ccccc1)C(=O)CCl. The molecule has 6 heteroatoms. The zero-order valence-electron chi connectivity index (χ0n) is 14.3. The van der Waals surface area contributed by atoms with Crippen LogP contribution in [-0.4, -0.2) is 52.9 Å². The molecule has 1 aromatic carbocycles. The van der Waals surface area contributed by atoms with Gasteiger partial charge in [0.1, 0.15) is 12.5 Å². The lowest BCUT2D eigenvalue weighted by molar-refractivity contribution is -0.130. The van der Waals surface area contributed by atoms with E-state index in [2.05, 4.69) is 0 Å². The van der Waals surface area contributed by atoms with Gasteiger partial charge in [-0.3, -0.25) is 4.79 Å². The molecular weight excluding hydrogens is 328 g/mol. The number of hydrogen-bond acceptors (Lipinski definition) is 3. The van der Waals surface area contributed by atoms with Gasteiger partial charge < -0.3 is 14.5 Å². The minimum atomic E-state index is -0.316. The fraction of sp³-hybridized carbons (Fsp3) is 0.556. The van der Waals surface area contributed by atoms with Crippen LogP contribution in [0.2, 0.25) is 0 Å². The molecule has 2 rings (SSSR count). The monoisotopic (exact) mass is 352 g/mol. The molecule has 1 atom stereocenters. The van der Waals surface area contributed by atoms with Crippen LogP contribution in [0, 0.1) is 0 Å². The molecule has 0 N–H and O–H groups in total. The van der Waals surface area contributed by atoms with E-state index in [0.717, 1.165) is 18.4 Å². The van der Waals surface area contributed by atoms with Crippen molar-refractivity contribution in [1.82, 2.24) is 9.80 Å². The van der Waals surface area contributed by atoms with Crippen molar-refractivity contribution in [2.45, 2.75) is 45.4 Å². The molecule has 0 radical (unpaired) electrons. The number of carbonyl (C=O) groups is 2. The van der Waals surface area contributed by atoms with Crippen LogP contribution in [0.1, 0.15) is 32.3 Å². The number of likely N-dealkylation sites (tertiary alicyclic amines) is 1. The molecule has 0 spiro atoms. The maximum atomic E-state index is 12.4. The van der Waals surface area contributed by atoms with Gasteiger partial charge in [-0.05, 0) is 32.3 Å².